The molecule has 1 saturated carbocycles. The fraction of sp³-hybridized carbons (Fsp3) is 0.556. The molecule has 0 spiro atoms. The van der Waals surface area contributed by atoms with Crippen molar-refractivity contribution in [2.45, 2.75) is 52.0 Å². The molecule has 0 aliphatic heterocycles. The van der Waals surface area contributed by atoms with Crippen molar-refractivity contribution in [3.05, 3.63) is 28.7 Å². The Kier molecular flexibility index (Phi) is 6.63. The summed E-state index contributed by atoms with van der Waals surface area (Å²) >= 11 is 3.39. The number of hydrogen-bond donors (Lipinski definition) is 2. The van der Waals surface area contributed by atoms with Crippen LogP contribution in [0.4, 0.5) is 5.69 Å². The van der Waals surface area contributed by atoms with Crippen LogP contribution in [-0.4, -0.2) is 17.9 Å². The normalized spacial score (nSPS) is 16.9. The lowest BCUT2D eigenvalue weighted by molar-refractivity contribution is -0.130. The first-order valence-corrected chi connectivity index (χ1v) is 9.13. The van der Waals surface area contributed by atoms with Gasteiger partial charge in [-0.15, -0.1) is 0 Å². The Morgan fingerprint density at radius 3 is 2.48 bits per heavy atom. The molecule has 4 nitrogen and oxygen atoms in total. The van der Waals surface area contributed by atoms with E-state index in [4.69, 9.17) is 0 Å². The lowest BCUT2D eigenvalue weighted by Crippen LogP contribution is -2.49. The van der Waals surface area contributed by atoms with Gasteiger partial charge in [0.2, 0.25) is 11.8 Å². The Labute approximate surface area is 146 Å². The van der Waals surface area contributed by atoms with E-state index in [0.717, 1.165) is 35.8 Å². The summed E-state index contributed by atoms with van der Waals surface area (Å²) in [7, 11) is 0. The summed E-state index contributed by atoms with van der Waals surface area (Å²) < 4.78 is 0.905. The molecule has 0 saturated heterocycles. The minimum atomic E-state index is -0.511. The zero-order valence-electron chi connectivity index (χ0n) is 13.8. The molecule has 1 aromatic carbocycles. The van der Waals surface area contributed by atoms with E-state index in [-0.39, 0.29) is 23.7 Å². The number of carbonyl (C=O) groups is 2. The van der Waals surface area contributed by atoms with Gasteiger partial charge >= 0.3 is 0 Å². The van der Waals surface area contributed by atoms with Gasteiger partial charge in [0.1, 0.15) is 6.04 Å². The molecule has 0 bridgehead atoms. The first-order chi connectivity index (χ1) is 11.0. The molecule has 0 unspecified atom stereocenters. The van der Waals surface area contributed by atoms with Gasteiger partial charge in [0.05, 0.1) is 0 Å². The Morgan fingerprint density at radius 2 is 1.87 bits per heavy atom. The molecule has 0 heterocycles. The summed E-state index contributed by atoms with van der Waals surface area (Å²) in [6, 6.07) is 6.94. The van der Waals surface area contributed by atoms with E-state index in [1.165, 1.54) is 6.42 Å². The van der Waals surface area contributed by atoms with Gasteiger partial charge in [0, 0.05) is 16.1 Å². The number of carbonyl (C=O) groups excluding carboxylic acids is 2. The molecule has 1 aliphatic rings. The summed E-state index contributed by atoms with van der Waals surface area (Å²) in [4.78, 5) is 25.0. The topological polar surface area (TPSA) is 58.2 Å². The van der Waals surface area contributed by atoms with Crippen molar-refractivity contribution in [2.75, 3.05) is 5.32 Å². The van der Waals surface area contributed by atoms with E-state index in [1.54, 1.807) is 0 Å². The Bertz CT molecular complexity index is 554. The average Bonchev–Trinajstić information content (AvgIpc) is 2.52. The van der Waals surface area contributed by atoms with Crippen LogP contribution in [0.2, 0.25) is 0 Å². The van der Waals surface area contributed by atoms with E-state index in [9.17, 15) is 9.59 Å². The fourth-order valence-electron chi connectivity index (χ4n) is 2.96. The van der Waals surface area contributed by atoms with Gasteiger partial charge < -0.3 is 10.6 Å². The lowest BCUT2D eigenvalue weighted by Gasteiger charge is -2.26. The van der Waals surface area contributed by atoms with Crippen LogP contribution in [0.25, 0.3) is 0 Å². The Balaban J connectivity index is 1.99. The number of benzene rings is 1. The van der Waals surface area contributed by atoms with Crippen molar-refractivity contribution in [1.29, 1.82) is 0 Å². The molecule has 2 amide bonds. The maximum atomic E-state index is 12.5. The van der Waals surface area contributed by atoms with Gasteiger partial charge in [-0.2, -0.15) is 0 Å². The summed E-state index contributed by atoms with van der Waals surface area (Å²) in [5.41, 5.74) is 0.724. The van der Waals surface area contributed by atoms with Crippen molar-refractivity contribution in [3.8, 4) is 0 Å². The van der Waals surface area contributed by atoms with Gasteiger partial charge in [-0.1, -0.05) is 55.1 Å². The Hall–Kier alpha value is -1.36. The predicted octanol–water partition coefficient (Wildman–Crippen LogP) is 4.11. The smallest absolute Gasteiger partial charge is 0.247 e. The van der Waals surface area contributed by atoms with E-state index >= 15 is 0 Å². The highest BCUT2D eigenvalue weighted by atomic mass is 79.9. The number of anilines is 1. The molecule has 1 atom stereocenters. The molecular weight excluding hydrogens is 356 g/mol. The number of nitrogens with one attached hydrogen (secondary N) is 2. The highest BCUT2D eigenvalue weighted by Crippen LogP contribution is 2.24. The third-order valence-electron chi connectivity index (χ3n) is 4.32. The minimum absolute atomic E-state index is 0.0211. The van der Waals surface area contributed by atoms with Crippen LogP contribution < -0.4 is 10.6 Å². The molecule has 1 aromatic rings. The number of amides is 2. The van der Waals surface area contributed by atoms with E-state index in [0.29, 0.717) is 0 Å². The molecule has 0 radical (unpaired) electrons. The van der Waals surface area contributed by atoms with Gasteiger partial charge in [0.15, 0.2) is 0 Å². The maximum absolute atomic E-state index is 12.5. The Morgan fingerprint density at radius 1 is 1.17 bits per heavy atom. The van der Waals surface area contributed by atoms with Crippen LogP contribution in [-0.2, 0) is 9.59 Å². The summed E-state index contributed by atoms with van der Waals surface area (Å²) in [6.45, 7) is 3.90. The summed E-state index contributed by atoms with van der Waals surface area (Å²) in [5, 5.41) is 5.85. The maximum Gasteiger partial charge on any atom is 0.247 e. The monoisotopic (exact) mass is 380 g/mol. The zero-order valence-corrected chi connectivity index (χ0v) is 15.4. The molecule has 1 aliphatic carbocycles. The van der Waals surface area contributed by atoms with Crippen LogP contribution in [0.5, 0.6) is 0 Å². The highest BCUT2D eigenvalue weighted by Gasteiger charge is 2.28. The molecule has 23 heavy (non-hydrogen) atoms. The summed E-state index contributed by atoms with van der Waals surface area (Å²) in [5.74, 6) is -0.0478. The van der Waals surface area contributed by atoms with E-state index in [1.807, 2.05) is 38.1 Å². The van der Waals surface area contributed by atoms with Gasteiger partial charge in [-0.3, -0.25) is 9.59 Å². The quantitative estimate of drug-likeness (QED) is 0.807. The lowest BCUT2D eigenvalue weighted by atomic mass is 9.88. The molecule has 126 valence electrons. The first-order valence-electron chi connectivity index (χ1n) is 8.34. The van der Waals surface area contributed by atoms with Crippen molar-refractivity contribution >= 4 is 33.4 Å². The second kappa shape index (κ2) is 8.48. The minimum Gasteiger partial charge on any atom is -0.344 e. The van der Waals surface area contributed by atoms with Crippen molar-refractivity contribution in [2.24, 2.45) is 11.8 Å². The standard InChI is InChI=1S/C18H25BrN2O2/c1-12(2)16(21-17(22)13-7-4-3-5-8-13)18(23)20-15-10-6-9-14(19)11-15/h6,9-13,16H,3-5,7-8H2,1-2H3,(H,20,23)(H,21,22)/t16-/m0/s1. The van der Waals surface area contributed by atoms with Gasteiger partial charge in [-0.05, 0) is 37.0 Å². The van der Waals surface area contributed by atoms with Gasteiger partial charge in [-0.25, -0.2) is 0 Å². The second-order valence-electron chi connectivity index (χ2n) is 6.56. The fourth-order valence-corrected chi connectivity index (χ4v) is 3.36. The average molecular weight is 381 g/mol. The number of hydrogen-bond acceptors (Lipinski definition) is 2. The van der Waals surface area contributed by atoms with Crippen LogP contribution in [0.3, 0.4) is 0 Å². The predicted molar refractivity (Wildman–Crippen MR) is 96.1 cm³/mol. The third-order valence-corrected chi connectivity index (χ3v) is 4.81. The number of halogens is 1. The summed E-state index contributed by atoms with van der Waals surface area (Å²) in [6.07, 6.45) is 5.29. The third kappa shape index (κ3) is 5.34. The van der Waals surface area contributed by atoms with E-state index < -0.39 is 6.04 Å². The number of rotatable bonds is 5. The first kappa shape index (κ1) is 18.0. The highest BCUT2D eigenvalue weighted by molar-refractivity contribution is 9.10. The van der Waals surface area contributed by atoms with Crippen LogP contribution in [0.1, 0.15) is 46.0 Å². The molecule has 0 aromatic heterocycles. The van der Waals surface area contributed by atoms with Crippen molar-refractivity contribution in [3.63, 3.8) is 0 Å². The zero-order chi connectivity index (χ0) is 16.8. The van der Waals surface area contributed by atoms with E-state index in [2.05, 4.69) is 26.6 Å². The molecule has 2 N–H and O–H groups in total. The van der Waals surface area contributed by atoms with Crippen LogP contribution in [0, 0.1) is 11.8 Å². The van der Waals surface area contributed by atoms with Gasteiger partial charge in [0.25, 0.3) is 0 Å². The molecular formula is C18H25BrN2O2. The largest absolute Gasteiger partial charge is 0.344 e. The second-order valence-corrected chi connectivity index (χ2v) is 7.48. The molecule has 2 rings (SSSR count). The molecule has 1 fully saturated rings. The van der Waals surface area contributed by atoms with Crippen molar-refractivity contribution in [1.82, 2.24) is 5.32 Å². The molecule has 5 heteroatoms. The van der Waals surface area contributed by atoms with Crippen LogP contribution in [0.15, 0.2) is 28.7 Å². The van der Waals surface area contributed by atoms with Crippen molar-refractivity contribution < 1.29 is 9.59 Å². The SMILES string of the molecule is CC(C)[C@H](NC(=O)C1CCCCC1)C(=O)Nc1cccc(Br)c1. The van der Waals surface area contributed by atoms with Crippen LogP contribution >= 0.6 is 15.9 Å².